The summed E-state index contributed by atoms with van der Waals surface area (Å²) < 4.78 is 2.21. The van der Waals surface area contributed by atoms with Crippen LogP contribution in [0.25, 0.3) is 0 Å². The number of nitrogens with zero attached hydrogens (tertiary/aromatic N) is 3. The summed E-state index contributed by atoms with van der Waals surface area (Å²) in [6.45, 7) is 9.04. The van der Waals surface area contributed by atoms with E-state index in [9.17, 15) is 4.79 Å². The smallest absolute Gasteiger partial charge is 0.226 e. The van der Waals surface area contributed by atoms with Crippen molar-refractivity contribution in [3.63, 3.8) is 0 Å². The molecule has 33 heavy (non-hydrogen) atoms. The molecule has 1 amide bonds. The SMILES string of the molecule is Cc1ccccc1NC(=O)CCN1C(=S)N[C@H](c2ccccn2)[C@H]1c1ccn(C(C)(C)C)c1. The summed E-state index contributed by atoms with van der Waals surface area (Å²) in [5.41, 5.74) is 3.94. The molecule has 1 fully saturated rings. The first-order valence-electron chi connectivity index (χ1n) is 11.3. The standard InChI is InChI=1S/C26H31N5OS/c1-18-9-5-6-10-20(18)28-22(32)13-16-31-24(19-12-15-30(17-19)26(2,3)4)23(29-25(31)33)21-11-7-8-14-27-21/h5-12,14-15,17,23-24H,13,16H2,1-4H3,(H,28,32)(H,29,33)/t23-,24-/m1/s1. The lowest BCUT2D eigenvalue weighted by Gasteiger charge is -2.27. The average Bonchev–Trinajstić information content (AvgIpc) is 3.39. The second-order valence-corrected chi connectivity index (χ2v) is 9.84. The fourth-order valence-electron chi connectivity index (χ4n) is 4.16. The van der Waals surface area contributed by atoms with Crippen molar-refractivity contribution in [1.82, 2.24) is 19.8 Å². The number of aryl methyl sites for hydroxylation is 1. The first-order valence-corrected chi connectivity index (χ1v) is 11.7. The molecular weight excluding hydrogens is 430 g/mol. The molecule has 0 radical (unpaired) electrons. The van der Waals surface area contributed by atoms with Gasteiger partial charge in [0.2, 0.25) is 5.91 Å². The lowest BCUT2D eigenvalue weighted by Crippen LogP contribution is -2.32. The van der Waals surface area contributed by atoms with E-state index in [0.29, 0.717) is 18.1 Å². The summed E-state index contributed by atoms with van der Waals surface area (Å²) in [6.07, 6.45) is 6.42. The Bertz CT molecular complexity index is 1130. The molecule has 2 aromatic heterocycles. The molecule has 6 nitrogen and oxygen atoms in total. The first kappa shape index (κ1) is 23.0. The summed E-state index contributed by atoms with van der Waals surface area (Å²) in [7, 11) is 0. The lowest BCUT2D eigenvalue weighted by molar-refractivity contribution is -0.116. The number of pyridine rings is 1. The van der Waals surface area contributed by atoms with Gasteiger partial charge in [-0.25, -0.2) is 0 Å². The number of anilines is 1. The van der Waals surface area contributed by atoms with Crippen LogP contribution in [0.1, 0.15) is 56.1 Å². The van der Waals surface area contributed by atoms with Crippen LogP contribution >= 0.6 is 12.2 Å². The van der Waals surface area contributed by atoms with E-state index in [0.717, 1.165) is 22.5 Å². The third kappa shape index (κ3) is 5.09. The third-order valence-electron chi connectivity index (χ3n) is 6.03. The molecule has 3 heterocycles. The maximum absolute atomic E-state index is 12.7. The zero-order valence-electron chi connectivity index (χ0n) is 19.6. The molecular formula is C26H31N5OS. The first-order chi connectivity index (χ1) is 15.7. The van der Waals surface area contributed by atoms with Gasteiger partial charge in [0.05, 0.1) is 17.8 Å². The summed E-state index contributed by atoms with van der Waals surface area (Å²) in [5.74, 6) is -0.0283. The molecule has 0 spiro atoms. The maximum atomic E-state index is 12.7. The predicted octanol–water partition coefficient (Wildman–Crippen LogP) is 4.95. The van der Waals surface area contributed by atoms with Crippen molar-refractivity contribution >= 4 is 28.9 Å². The highest BCUT2D eigenvalue weighted by Gasteiger charge is 2.40. The Hall–Kier alpha value is -3.19. The summed E-state index contributed by atoms with van der Waals surface area (Å²) >= 11 is 5.73. The Morgan fingerprint density at radius 2 is 1.91 bits per heavy atom. The van der Waals surface area contributed by atoms with Crippen molar-refractivity contribution in [3.05, 3.63) is 83.9 Å². The minimum Gasteiger partial charge on any atom is -0.352 e. The molecule has 0 aliphatic carbocycles. The number of rotatable bonds is 6. The number of hydrogen-bond donors (Lipinski definition) is 2. The minimum atomic E-state index is -0.0889. The van der Waals surface area contributed by atoms with Gasteiger partial charge in [0, 0.05) is 42.8 Å². The van der Waals surface area contributed by atoms with Crippen LogP contribution < -0.4 is 10.6 Å². The number of hydrogen-bond acceptors (Lipinski definition) is 3. The molecule has 7 heteroatoms. The molecule has 0 bridgehead atoms. The largest absolute Gasteiger partial charge is 0.352 e. The van der Waals surface area contributed by atoms with Gasteiger partial charge < -0.3 is 20.1 Å². The molecule has 3 aromatic rings. The van der Waals surface area contributed by atoms with Crippen molar-refractivity contribution in [2.45, 2.75) is 51.7 Å². The zero-order valence-corrected chi connectivity index (χ0v) is 20.4. The molecule has 0 saturated carbocycles. The fourth-order valence-corrected chi connectivity index (χ4v) is 4.49. The fraction of sp³-hybridized carbons (Fsp3) is 0.346. The second kappa shape index (κ2) is 9.35. The van der Waals surface area contributed by atoms with Gasteiger partial charge in [-0.1, -0.05) is 24.3 Å². The number of thiocarbonyl (C=S) groups is 1. The van der Waals surface area contributed by atoms with E-state index in [-0.39, 0.29) is 23.5 Å². The van der Waals surface area contributed by atoms with Gasteiger partial charge in [-0.15, -0.1) is 0 Å². The number of nitrogens with one attached hydrogen (secondary N) is 2. The Morgan fingerprint density at radius 1 is 1.15 bits per heavy atom. The predicted molar refractivity (Wildman–Crippen MR) is 136 cm³/mol. The average molecular weight is 462 g/mol. The van der Waals surface area contributed by atoms with Gasteiger partial charge >= 0.3 is 0 Å². The van der Waals surface area contributed by atoms with Crippen LogP contribution in [-0.2, 0) is 10.3 Å². The van der Waals surface area contributed by atoms with Crippen molar-refractivity contribution in [3.8, 4) is 0 Å². The molecule has 2 N–H and O–H groups in total. The number of benzene rings is 1. The highest BCUT2D eigenvalue weighted by Crippen LogP contribution is 2.39. The van der Waals surface area contributed by atoms with Gasteiger partial charge in [0.15, 0.2) is 5.11 Å². The quantitative estimate of drug-likeness (QED) is 0.509. The summed E-state index contributed by atoms with van der Waals surface area (Å²) in [6, 6.07) is 15.7. The highest BCUT2D eigenvalue weighted by molar-refractivity contribution is 7.80. The van der Waals surface area contributed by atoms with Crippen molar-refractivity contribution in [2.24, 2.45) is 0 Å². The minimum absolute atomic E-state index is 0.0243. The summed E-state index contributed by atoms with van der Waals surface area (Å²) in [5, 5.41) is 7.12. The monoisotopic (exact) mass is 461 g/mol. The number of carbonyl (C=O) groups excluding carboxylic acids is 1. The van der Waals surface area contributed by atoms with E-state index in [1.54, 1.807) is 6.20 Å². The Kier molecular flexibility index (Phi) is 6.51. The van der Waals surface area contributed by atoms with Crippen molar-refractivity contribution in [1.29, 1.82) is 0 Å². The lowest BCUT2D eigenvalue weighted by atomic mass is 9.99. The van der Waals surface area contributed by atoms with Crippen LogP contribution in [0, 0.1) is 6.92 Å². The molecule has 0 unspecified atom stereocenters. The summed E-state index contributed by atoms with van der Waals surface area (Å²) in [4.78, 5) is 19.4. The van der Waals surface area contributed by atoms with Crippen LogP contribution in [-0.4, -0.2) is 32.0 Å². The van der Waals surface area contributed by atoms with E-state index in [2.05, 4.69) is 64.3 Å². The number of carbonyl (C=O) groups is 1. The van der Waals surface area contributed by atoms with E-state index >= 15 is 0 Å². The maximum Gasteiger partial charge on any atom is 0.226 e. The molecule has 172 valence electrons. The molecule has 1 aromatic carbocycles. The van der Waals surface area contributed by atoms with Crippen molar-refractivity contribution in [2.75, 3.05) is 11.9 Å². The van der Waals surface area contributed by atoms with E-state index < -0.39 is 0 Å². The number of amides is 1. The molecule has 1 aliphatic rings. The van der Waals surface area contributed by atoms with Gasteiger partial charge in [-0.2, -0.15) is 0 Å². The van der Waals surface area contributed by atoms with E-state index in [4.69, 9.17) is 12.2 Å². The Morgan fingerprint density at radius 3 is 2.58 bits per heavy atom. The number of aromatic nitrogens is 2. The highest BCUT2D eigenvalue weighted by atomic mass is 32.1. The van der Waals surface area contributed by atoms with E-state index in [1.165, 1.54) is 0 Å². The second-order valence-electron chi connectivity index (χ2n) is 9.46. The topological polar surface area (TPSA) is 62.2 Å². The molecule has 2 atom stereocenters. The number of para-hydroxylation sites is 1. The van der Waals surface area contributed by atoms with Crippen LogP contribution in [0.3, 0.4) is 0 Å². The van der Waals surface area contributed by atoms with Crippen LogP contribution in [0.4, 0.5) is 5.69 Å². The Balaban J connectivity index is 1.57. The van der Waals surface area contributed by atoms with Crippen molar-refractivity contribution < 1.29 is 4.79 Å². The molecule has 1 aliphatic heterocycles. The molecule has 1 saturated heterocycles. The van der Waals surface area contributed by atoms with Gasteiger partial charge in [-0.05, 0) is 75.3 Å². The van der Waals surface area contributed by atoms with E-state index in [1.807, 2.05) is 49.4 Å². The Labute approximate surface area is 201 Å². The van der Waals surface area contributed by atoms with Gasteiger partial charge in [0.25, 0.3) is 0 Å². The van der Waals surface area contributed by atoms with Gasteiger partial charge in [-0.3, -0.25) is 9.78 Å². The van der Waals surface area contributed by atoms with Crippen LogP contribution in [0.2, 0.25) is 0 Å². The normalized spacial score (nSPS) is 18.3. The third-order valence-corrected chi connectivity index (χ3v) is 6.38. The molecule has 4 rings (SSSR count). The van der Waals surface area contributed by atoms with Crippen LogP contribution in [0.5, 0.6) is 0 Å². The van der Waals surface area contributed by atoms with Crippen LogP contribution in [0.15, 0.2) is 67.1 Å². The zero-order chi connectivity index (χ0) is 23.6. The van der Waals surface area contributed by atoms with Gasteiger partial charge in [0.1, 0.15) is 0 Å².